The lowest BCUT2D eigenvalue weighted by Gasteiger charge is -2.30. The predicted molar refractivity (Wildman–Crippen MR) is 97.2 cm³/mol. The number of benzene rings is 2. The lowest BCUT2D eigenvalue weighted by Crippen LogP contribution is -2.51. The number of amides is 1. The highest BCUT2D eigenvalue weighted by atomic mass is 16.5. The molecule has 136 valence electrons. The average molecular weight is 353 g/mol. The Morgan fingerprint density at radius 2 is 1.65 bits per heavy atom. The summed E-state index contributed by atoms with van der Waals surface area (Å²) in [6.45, 7) is 0.604. The zero-order valence-electron chi connectivity index (χ0n) is 14.6. The van der Waals surface area contributed by atoms with Gasteiger partial charge in [-0.05, 0) is 30.4 Å². The van der Waals surface area contributed by atoms with E-state index in [1.165, 1.54) is 0 Å². The van der Waals surface area contributed by atoms with Gasteiger partial charge in [0.05, 0.1) is 12.7 Å². The van der Waals surface area contributed by atoms with Gasteiger partial charge in [0.2, 0.25) is 5.91 Å². The van der Waals surface area contributed by atoms with E-state index in [0.717, 1.165) is 11.1 Å². The highest BCUT2D eigenvalue weighted by Crippen LogP contribution is 2.41. The number of carbonyl (C=O) groups is 2. The third-order valence-electron chi connectivity index (χ3n) is 4.96. The quantitative estimate of drug-likeness (QED) is 0.750. The van der Waals surface area contributed by atoms with Crippen LogP contribution in [0.15, 0.2) is 60.7 Å². The molecule has 2 aromatic carbocycles. The molecule has 0 radical (unpaired) electrons. The van der Waals surface area contributed by atoms with Gasteiger partial charge in [-0.3, -0.25) is 9.59 Å². The maximum atomic E-state index is 12.8. The number of aliphatic carboxylic acids is 1. The van der Waals surface area contributed by atoms with Crippen molar-refractivity contribution in [3.63, 3.8) is 0 Å². The van der Waals surface area contributed by atoms with Gasteiger partial charge in [0.25, 0.3) is 0 Å². The summed E-state index contributed by atoms with van der Waals surface area (Å²) in [6, 6.07) is 19.0. The summed E-state index contributed by atoms with van der Waals surface area (Å²) in [5.41, 5.74) is 0.369. The highest BCUT2D eigenvalue weighted by molar-refractivity contribution is 6.03. The molecule has 0 saturated heterocycles. The molecule has 26 heavy (non-hydrogen) atoms. The summed E-state index contributed by atoms with van der Waals surface area (Å²) < 4.78 is 5.90. The molecule has 1 amide bonds. The monoisotopic (exact) mass is 353 g/mol. The minimum absolute atomic E-state index is 0.294. The molecule has 2 atom stereocenters. The van der Waals surface area contributed by atoms with Crippen LogP contribution in [0.2, 0.25) is 0 Å². The minimum atomic E-state index is -1.52. The Morgan fingerprint density at radius 3 is 2.27 bits per heavy atom. The number of carboxylic acid groups (broad SMARTS) is 1. The number of rotatable bonds is 7. The van der Waals surface area contributed by atoms with Crippen molar-refractivity contribution in [1.29, 1.82) is 0 Å². The summed E-state index contributed by atoms with van der Waals surface area (Å²) in [4.78, 5) is 24.9. The van der Waals surface area contributed by atoms with Crippen molar-refractivity contribution in [2.75, 3.05) is 0 Å². The average Bonchev–Trinajstić information content (AvgIpc) is 3.11. The summed E-state index contributed by atoms with van der Waals surface area (Å²) in [5, 5.41) is 12.6. The standard InChI is InChI=1S/C21H23NO4/c23-19(22-14-16-8-3-1-4-9-16)21(20(24)25)13-7-12-18(21)26-15-17-10-5-2-6-11-17/h1-6,8-11,18H,7,12-15H2,(H,22,23)(H,24,25). The van der Waals surface area contributed by atoms with Gasteiger partial charge < -0.3 is 15.2 Å². The van der Waals surface area contributed by atoms with Crippen LogP contribution in [-0.4, -0.2) is 23.1 Å². The molecule has 1 saturated carbocycles. The zero-order chi connectivity index (χ0) is 18.4. The van der Waals surface area contributed by atoms with Crippen LogP contribution in [0.5, 0.6) is 0 Å². The molecule has 1 aliphatic rings. The summed E-state index contributed by atoms with van der Waals surface area (Å²) >= 11 is 0. The van der Waals surface area contributed by atoms with E-state index in [4.69, 9.17) is 4.74 Å². The number of ether oxygens (including phenoxy) is 1. The van der Waals surface area contributed by atoms with E-state index in [1.807, 2.05) is 60.7 Å². The van der Waals surface area contributed by atoms with Gasteiger partial charge in [-0.2, -0.15) is 0 Å². The van der Waals surface area contributed by atoms with Crippen LogP contribution in [0.1, 0.15) is 30.4 Å². The molecule has 5 heteroatoms. The normalized spacial score (nSPS) is 22.1. The fourth-order valence-electron chi connectivity index (χ4n) is 3.51. The fourth-order valence-corrected chi connectivity index (χ4v) is 3.51. The second kappa shape index (κ2) is 8.15. The van der Waals surface area contributed by atoms with E-state index in [0.29, 0.717) is 32.4 Å². The molecule has 1 aliphatic carbocycles. The lowest BCUT2D eigenvalue weighted by atomic mass is 9.82. The Bertz CT molecular complexity index is 747. The van der Waals surface area contributed by atoms with Crippen LogP contribution < -0.4 is 5.32 Å². The SMILES string of the molecule is O=C(O)C1(C(=O)NCc2ccccc2)CCCC1OCc1ccccc1. The van der Waals surface area contributed by atoms with Crippen molar-refractivity contribution < 1.29 is 19.4 Å². The second-order valence-corrected chi connectivity index (χ2v) is 6.62. The van der Waals surface area contributed by atoms with Crippen LogP contribution in [0, 0.1) is 5.41 Å². The maximum Gasteiger partial charge on any atom is 0.321 e. The van der Waals surface area contributed by atoms with E-state index in [9.17, 15) is 14.7 Å². The first-order chi connectivity index (χ1) is 12.6. The van der Waals surface area contributed by atoms with Crippen LogP contribution >= 0.6 is 0 Å². The Balaban J connectivity index is 1.70. The van der Waals surface area contributed by atoms with Crippen molar-refractivity contribution >= 4 is 11.9 Å². The largest absolute Gasteiger partial charge is 0.480 e. The molecule has 0 bridgehead atoms. The van der Waals surface area contributed by atoms with Gasteiger partial charge in [0, 0.05) is 6.54 Å². The molecule has 0 aromatic heterocycles. The molecule has 2 unspecified atom stereocenters. The van der Waals surface area contributed by atoms with Gasteiger partial charge in [-0.25, -0.2) is 0 Å². The van der Waals surface area contributed by atoms with Crippen molar-refractivity contribution in [3.8, 4) is 0 Å². The fraction of sp³-hybridized carbons (Fsp3) is 0.333. The van der Waals surface area contributed by atoms with Gasteiger partial charge in [-0.15, -0.1) is 0 Å². The van der Waals surface area contributed by atoms with Crippen molar-refractivity contribution in [2.45, 2.75) is 38.5 Å². The third kappa shape index (κ3) is 3.78. The van der Waals surface area contributed by atoms with E-state index in [2.05, 4.69) is 5.32 Å². The van der Waals surface area contributed by atoms with Crippen molar-refractivity contribution in [1.82, 2.24) is 5.32 Å². The molecule has 5 nitrogen and oxygen atoms in total. The Hall–Kier alpha value is -2.66. The molecule has 0 aliphatic heterocycles. The molecule has 1 fully saturated rings. The third-order valence-corrected chi connectivity index (χ3v) is 4.96. The second-order valence-electron chi connectivity index (χ2n) is 6.62. The molecule has 2 N–H and O–H groups in total. The lowest BCUT2D eigenvalue weighted by molar-refractivity contribution is -0.165. The van der Waals surface area contributed by atoms with Crippen LogP contribution in [0.3, 0.4) is 0 Å². The first-order valence-corrected chi connectivity index (χ1v) is 8.84. The first-order valence-electron chi connectivity index (χ1n) is 8.84. The van der Waals surface area contributed by atoms with Gasteiger partial charge in [0.1, 0.15) is 0 Å². The topological polar surface area (TPSA) is 75.6 Å². The van der Waals surface area contributed by atoms with Gasteiger partial charge >= 0.3 is 5.97 Å². The molecular weight excluding hydrogens is 330 g/mol. The summed E-state index contributed by atoms with van der Waals surface area (Å²) in [5.74, 6) is -1.58. The Labute approximate surface area is 153 Å². The molecule has 0 heterocycles. The molecular formula is C21H23NO4. The maximum absolute atomic E-state index is 12.8. The Morgan fingerprint density at radius 1 is 1.04 bits per heavy atom. The molecule has 2 aromatic rings. The van der Waals surface area contributed by atoms with E-state index in [1.54, 1.807) is 0 Å². The summed E-state index contributed by atoms with van der Waals surface area (Å²) in [7, 11) is 0. The smallest absolute Gasteiger partial charge is 0.321 e. The van der Waals surface area contributed by atoms with Gasteiger partial charge in [0.15, 0.2) is 5.41 Å². The van der Waals surface area contributed by atoms with Crippen LogP contribution in [0.25, 0.3) is 0 Å². The minimum Gasteiger partial charge on any atom is -0.480 e. The Kier molecular flexibility index (Phi) is 5.68. The predicted octanol–water partition coefficient (Wildman–Crippen LogP) is 3.14. The number of carbonyl (C=O) groups excluding carboxylic acids is 1. The highest BCUT2D eigenvalue weighted by Gasteiger charge is 2.56. The number of carboxylic acids is 1. The summed E-state index contributed by atoms with van der Waals surface area (Å²) in [6.07, 6.45) is 0.890. The first kappa shape index (κ1) is 18.1. The van der Waals surface area contributed by atoms with Crippen molar-refractivity contribution in [3.05, 3.63) is 71.8 Å². The van der Waals surface area contributed by atoms with E-state index >= 15 is 0 Å². The number of hydrogen-bond donors (Lipinski definition) is 2. The van der Waals surface area contributed by atoms with Crippen LogP contribution in [-0.2, 0) is 27.5 Å². The van der Waals surface area contributed by atoms with Crippen molar-refractivity contribution in [2.24, 2.45) is 5.41 Å². The molecule has 3 rings (SSSR count). The zero-order valence-corrected chi connectivity index (χ0v) is 14.6. The number of nitrogens with one attached hydrogen (secondary N) is 1. The van der Waals surface area contributed by atoms with Gasteiger partial charge in [-0.1, -0.05) is 60.7 Å². The van der Waals surface area contributed by atoms with E-state index in [-0.39, 0.29) is 0 Å². The molecule has 0 spiro atoms. The van der Waals surface area contributed by atoms with Crippen LogP contribution in [0.4, 0.5) is 0 Å². The van der Waals surface area contributed by atoms with E-state index < -0.39 is 23.4 Å². The number of hydrogen-bond acceptors (Lipinski definition) is 3.